The van der Waals surface area contributed by atoms with Crippen LogP contribution in [-0.2, 0) is 33.7 Å². The molecule has 0 bridgehead atoms. The van der Waals surface area contributed by atoms with Crippen LogP contribution in [0.3, 0.4) is 0 Å². The molecule has 4 aromatic heterocycles. The molecule has 4 aromatic rings. The molecule has 9 nitrogen and oxygen atoms in total. The highest BCUT2D eigenvalue weighted by molar-refractivity contribution is 5.96. The second-order valence-electron chi connectivity index (χ2n) is 8.62. The van der Waals surface area contributed by atoms with Crippen LogP contribution in [0.5, 0.6) is 0 Å². The van der Waals surface area contributed by atoms with Gasteiger partial charge in [0.25, 0.3) is 5.91 Å². The molecule has 1 unspecified atom stereocenters. The Morgan fingerprint density at radius 1 is 1.09 bits per heavy atom. The Morgan fingerprint density at radius 2 is 1.82 bits per heavy atom. The van der Waals surface area contributed by atoms with E-state index in [1.54, 1.807) is 27.5 Å². The maximum atomic E-state index is 13.5. The summed E-state index contributed by atoms with van der Waals surface area (Å²) in [6.07, 6.45) is -2.46. The summed E-state index contributed by atoms with van der Waals surface area (Å²) in [6, 6.07) is 2.55. The van der Waals surface area contributed by atoms with Crippen LogP contribution in [0.25, 0.3) is 22.4 Å². The zero-order chi connectivity index (χ0) is 24.5. The van der Waals surface area contributed by atoms with Crippen molar-refractivity contribution in [1.82, 2.24) is 39.2 Å². The predicted octanol–water partition coefficient (Wildman–Crippen LogP) is 3.19. The van der Waals surface area contributed by atoms with Crippen molar-refractivity contribution in [2.45, 2.75) is 32.5 Å². The van der Waals surface area contributed by atoms with E-state index in [1.807, 2.05) is 27.0 Å². The van der Waals surface area contributed by atoms with Crippen molar-refractivity contribution in [1.29, 1.82) is 0 Å². The Kier molecular flexibility index (Phi) is 4.81. The molecule has 5 rings (SSSR count). The lowest BCUT2D eigenvalue weighted by Crippen LogP contribution is -2.39. The highest BCUT2D eigenvalue weighted by Gasteiger charge is 2.38. The number of pyridine rings is 1. The van der Waals surface area contributed by atoms with Crippen LogP contribution in [0.1, 0.15) is 46.0 Å². The molecule has 1 atom stereocenters. The maximum absolute atomic E-state index is 13.5. The number of rotatable bonds is 2. The first-order valence-corrected chi connectivity index (χ1v) is 10.7. The Labute approximate surface area is 192 Å². The van der Waals surface area contributed by atoms with Gasteiger partial charge in [-0.3, -0.25) is 18.8 Å². The van der Waals surface area contributed by atoms with Crippen LogP contribution < -0.4 is 0 Å². The van der Waals surface area contributed by atoms with Crippen molar-refractivity contribution in [3.63, 3.8) is 0 Å². The summed E-state index contributed by atoms with van der Waals surface area (Å²) in [5, 5.41) is 12.4. The Bertz CT molecular complexity index is 1440. The summed E-state index contributed by atoms with van der Waals surface area (Å²) >= 11 is 0. The summed E-state index contributed by atoms with van der Waals surface area (Å²) in [7, 11) is 4.99. The van der Waals surface area contributed by atoms with Gasteiger partial charge >= 0.3 is 6.18 Å². The van der Waals surface area contributed by atoms with Gasteiger partial charge in [0.2, 0.25) is 0 Å². The molecule has 0 radical (unpaired) electrons. The van der Waals surface area contributed by atoms with Gasteiger partial charge in [-0.2, -0.15) is 28.5 Å². The summed E-state index contributed by atoms with van der Waals surface area (Å²) in [6.45, 7) is 4.10. The average Bonchev–Trinajstić information content (AvgIpc) is 3.42. The molecular formula is C22H23F3N8O. The summed E-state index contributed by atoms with van der Waals surface area (Å²) in [5.41, 5.74) is 4.01. The van der Waals surface area contributed by atoms with E-state index >= 15 is 0 Å². The van der Waals surface area contributed by atoms with Gasteiger partial charge in [0.05, 0.1) is 34.8 Å². The normalized spacial score (nSPS) is 16.4. The summed E-state index contributed by atoms with van der Waals surface area (Å²) in [4.78, 5) is 19.7. The smallest absolute Gasteiger partial charge is 0.329 e. The van der Waals surface area contributed by atoms with Crippen LogP contribution in [0.4, 0.5) is 13.2 Å². The lowest BCUT2D eigenvalue weighted by atomic mass is 9.96. The zero-order valence-electron chi connectivity index (χ0n) is 19.3. The van der Waals surface area contributed by atoms with Crippen molar-refractivity contribution in [3.05, 3.63) is 46.5 Å². The summed E-state index contributed by atoms with van der Waals surface area (Å²) in [5.74, 6) is -0.214. The third kappa shape index (κ3) is 3.27. The first-order valence-electron chi connectivity index (χ1n) is 10.7. The minimum atomic E-state index is -4.54. The fraction of sp³-hybridized carbons (Fsp3) is 0.409. The van der Waals surface area contributed by atoms with Gasteiger partial charge in [-0.1, -0.05) is 0 Å². The molecule has 0 aromatic carbocycles. The van der Waals surface area contributed by atoms with Crippen LogP contribution in [0.2, 0.25) is 0 Å². The fourth-order valence-corrected chi connectivity index (χ4v) is 4.69. The second-order valence-corrected chi connectivity index (χ2v) is 8.62. The van der Waals surface area contributed by atoms with E-state index in [9.17, 15) is 18.0 Å². The van der Waals surface area contributed by atoms with Crippen molar-refractivity contribution in [2.75, 3.05) is 6.54 Å². The zero-order valence-corrected chi connectivity index (χ0v) is 19.3. The molecular weight excluding hydrogens is 449 g/mol. The van der Waals surface area contributed by atoms with Gasteiger partial charge in [-0.25, -0.2) is 4.98 Å². The van der Waals surface area contributed by atoms with Crippen molar-refractivity contribution < 1.29 is 18.0 Å². The molecule has 1 aliphatic rings. The maximum Gasteiger partial charge on any atom is 0.435 e. The van der Waals surface area contributed by atoms with Crippen LogP contribution in [0.15, 0.2) is 18.3 Å². The molecule has 1 aliphatic heterocycles. The number of alkyl halides is 3. The highest BCUT2D eigenvalue weighted by Crippen LogP contribution is 2.38. The number of nitrogens with zero attached hydrogens (tertiary/aromatic N) is 8. The molecule has 1 amide bonds. The molecule has 12 heteroatoms. The lowest BCUT2D eigenvalue weighted by Gasteiger charge is -2.33. The number of hydrogen-bond acceptors (Lipinski definition) is 5. The lowest BCUT2D eigenvalue weighted by molar-refractivity contribution is -0.141. The van der Waals surface area contributed by atoms with E-state index < -0.39 is 11.9 Å². The SMILES string of the molecule is Cc1cc2c(cnn2C)nc1C(=O)N1CCc2c(nn(C)c2-c2cc(C(F)(F)F)nn2C)C1C. The number of carbonyl (C=O) groups excluding carboxylic acids is 1. The Morgan fingerprint density at radius 3 is 2.50 bits per heavy atom. The fourth-order valence-electron chi connectivity index (χ4n) is 4.69. The number of aromatic nitrogens is 7. The number of aryl methyl sites for hydroxylation is 4. The molecule has 178 valence electrons. The molecule has 0 saturated heterocycles. The summed E-state index contributed by atoms with van der Waals surface area (Å²) < 4.78 is 44.1. The number of amides is 1. The topological polar surface area (TPSA) is 86.7 Å². The van der Waals surface area contributed by atoms with E-state index in [1.165, 1.54) is 11.7 Å². The van der Waals surface area contributed by atoms with E-state index in [0.29, 0.717) is 41.3 Å². The van der Waals surface area contributed by atoms with E-state index in [4.69, 9.17) is 0 Å². The third-order valence-electron chi connectivity index (χ3n) is 6.44. The number of hydrogen-bond donors (Lipinski definition) is 0. The van der Waals surface area contributed by atoms with Crippen LogP contribution >= 0.6 is 0 Å². The molecule has 0 aliphatic carbocycles. The second kappa shape index (κ2) is 7.40. The van der Waals surface area contributed by atoms with Gasteiger partial charge in [-0.05, 0) is 38.0 Å². The quantitative estimate of drug-likeness (QED) is 0.447. The van der Waals surface area contributed by atoms with E-state index in [0.717, 1.165) is 22.7 Å². The average molecular weight is 472 g/mol. The Balaban J connectivity index is 1.51. The number of halogens is 3. The first kappa shape index (κ1) is 22.1. The van der Waals surface area contributed by atoms with Gasteiger partial charge in [0.1, 0.15) is 11.2 Å². The van der Waals surface area contributed by atoms with E-state index in [-0.39, 0.29) is 11.9 Å². The molecule has 0 fully saturated rings. The van der Waals surface area contributed by atoms with Gasteiger partial charge in [0, 0.05) is 33.3 Å². The van der Waals surface area contributed by atoms with Crippen LogP contribution in [-0.4, -0.2) is 51.7 Å². The Hall–Kier alpha value is -3.70. The van der Waals surface area contributed by atoms with Crippen molar-refractivity contribution in [2.24, 2.45) is 21.1 Å². The van der Waals surface area contributed by atoms with Crippen molar-refractivity contribution in [3.8, 4) is 11.4 Å². The number of carbonyl (C=O) groups is 1. The monoisotopic (exact) mass is 472 g/mol. The van der Waals surface area contributed by atoms with Gasteiger partial charge in [0.15, 0.2) is 5.69 Å². The molecule has 0 saturated carbocycles. The third-order valence-corrected chi connectivity index (χ3v) is 6.44. The predicted molar refractivity (Wildman–Crippen MR) is 117 cm³/mol. The van der Waals surface area contributed by atoms with E-state index in [2.05, 4.69) is 20.3 Å². The molecule has 0 spiro atoms. The van der Waals surface area contributed by atoms with Crippen molar-refractivity contribution >= 4 is 16.9 Å². The highest BCUT2D eigenvalue weighted by atomic mass is 19.4. The number of fused-ring (bicyclic) bond motifs is 2. The molecule has 5 heterocycles. The van der Waals surface area contributed by atoms with Gasteiger partial charge in [-0.15, -0.1) is 0 Å². The van der Waals surface area contributed by atoms with Gasteiger partial charge < -0.3 is 4.90 Å². The van der Waals surface area contributed by atoms with Crippen LogP contribution in [0, 0.1) is 6.92 Å². The minimum Gasteiger partial charge on any atom is -0.329 e. The molecule has 34 heavy (non-hydrogen) atoms. The molecule has 0 N–H and O–H groups in total. The largest absolute Gasteiger partial charge is 0.435 e. The minimum absolute atomic E-state index is 0.214. The standard InChI is InChI=1S/C22H23F3N8O/c1-11-8-15-14(10-26-30(15)3)27-18(11)21(34)33-7-6-13-19(12(33)2)29-32(5)20(13)16-9-17(22(23,24)25)28-31(16)4/h8-10,12H,6-7H2,1-5H3. The first-order chi connectivity index (χ1) is 16.0.